The number of ether oxygens (including phenoxy) is 1. The van der Waals surface area contributed by atoms with E-state index in [1.165, 1.54) is 5.56 Å². The number of aryl methyl sites for hydroxylation is 1. The van der Waals surface area contributed by atoms with E-state index in [4.69, 9.17) is 14.8 Å². The quantitative estimate of drug-likeness (QED) is 0.354. The van der Waals surface area contributed by atoms with E-state index in [0.29, 0.717) is 31.9 Å². The molecule has 0 unspecified atom stereocenters. The maximum Gasteiger partial charge on any atom is 0.317 e. The van der Waals surface area contributed by atoms with Gasteiger partial charge in [0.25, 0.3) is 0 Å². The molecule has 2 amide bonds. The van der Waals surface area contributed by atoms with E-state index >= 15 is 0 Å². The normalized spacial score (nSPS) is 17.4. The zero-order valence-corrected chi connectivity index (χ0v) is 23.0. The summed E-state index contributed by atoms with van der Waals surface area (Å²) in [6, 6.07) is 15.9. The van der Waals surface area contributed by atoms with Gasteiger partial charge in [-0.15, -0.1) is 0 Å². The lowest BCUT2D eigenvalue weighted by molar-refractivity contribution is 0.217. The van der Waals surface area contributed by atoms with Gasteiger partial charge in [-0.2, -0.15) is 5.10 Å². The number of rotatable bonds is 8. The SMILES string of the molecule is Cc1cc(OC[C@H](C)c2ccccc2)cn2nc(CCN3CC4(CCN(c5cc[nH]c(=O)c5)CC4)NC3=O)nc12. The number of amides is 2. The van der Waals surface area contributed by atoms with E-state index in [1.807, 2.05) is 48.4 Å². The number of aromatic amines is 1. The van der Waals surface area contributed by atoms with Crippen molar-refractivity contribution in [3.8, 4) is 5.75 Å². The number of fused-ring (bicyclic) bond motifs is 1. The second kappa shape index (κ2) is 10.7. The summed E-state index contributed by atoms with van der Waals surface area (Å²) in [5.41, 5.74) is 3.62. The van der Waals surface area contributed by atoms with Crippen LogP contribution in [0.2, 0.25) is 0 Å². The molecule has 1 spiro atoms. The van der Waals surface area contributed by atoms with Crippen LogP contribution in [-0.2, 0) is 6.42 Å². The van der Waals surface area contributed by atoms with Gasteiger partial charge in [0.15, 0.2) is 11.5 Å². The number of pyridine rings is 2. The number of nitrogens with zero attached hydrogens (tertiary/aromatic N) is 5. The molecule has 1 atom stereocenters. The Kier molecular flexibility index (Phi) is 6.91. The van der Waals surface area contributed by atoms with Crippen LogP contribution in [-0.4, -0.2) is 68.8 Å². The number of nitrogens with one attached hydrogen (secondary N) is 2. The third kappa shape index (κ3) is 5.38. The Labute approximate surface area is 233 Å². The minimum Gasteiger partial charge on any atom is -0.491 e. The Bertz CT molecular complexity index is 1560. The van der Waals surface area contributed by atoms with Gasteiger partial charge in [-0.3, -0.25) is 4.79 Å². The van der Waals surface area contributed by atoms with Crippen LogP contribution in [0.25, 0.3) is 5.65 Å². The third-order valence-electron chi connectivity index (χ3n) is 8.11. The molecule has 40 heavy (non-hydrogen) atoms. The number of H-pyrrole nitrogens is 1. The molecule has 0 radical (unpaired) electrons. The number of benzene rings is 1. The van der Waals surface area contributed by atoms with Crippen molar-refractivity contribution in [2.75, 3.05) is 37.7 Å². The lowest BCUT2D eigenvalue weighted by atomic mass is 9.88. The molecule has 208 valence electrons. The average molecular weight is 542 g/mol. The molecule has 3 aromatic heterocycles. The molecule has 4 aromatic rings. The Morgan fingerprint density at radius 3 is 2.67 bits per heavy atom. The van der Waals surface area contributed by atoms with Crippen LogP contribution in [0.15, 0.2) is 65.7 Å². The maximum atomic E-state index is 12.9. The lowest BCUT2D eigenvalue weighted by Gasteiger charge is -2.39. The van der Waals surface area contributed by atoms with Gasteiger partial charge in [0.2, 0.25) is 5.56 Å². The Morgan fingerprint density at radius 2 is 1.90 bits per heavy atom. The molecule has 2 aliphatic rings. The van der Waals surface area contributed by atoms with Crippen molar-refractivity contribution in [3.05, 3.63) is 88.2 Å². The van der Waals surface area contributed by atoms with Crippen LogP contribution >= 0.6 is 0 Å². The van der Waals surface area contributed by atoms with E-state index in [-0.39, 0.29) is 23.0 Å². The fraction of sp³-hybridized carbons (Fsp3) is 0.400. The van der Waals surface area contributed by atoms with E-state index < -0.39 is 0 Å². The van der Waals surface area contributed by atoms with Crippen molar-refractivity contribution in [1.82, 2.24) is 29.8 Å². The summed E-state index contributed by atoms with van der Waals surface area (Å²) in [6.07, 6.45) is 5.79. The number of carbonyl (C=O) groups excluding carboxylic acids is 1. The smallest absolute Gasteiger partial charge is 0.317 e. The van der Waals surface area contributed by atoms with Gasteiger partial charge in [-0.05, 0) is 43.0 Å². The predicted molar refractivity (Wildman–Crippen MR) is 153 cm³/mol. The molecule has 0 bridgehead atoms. The van der Waals surface area contributed by atoms with Crippen molar-refractivity contribution < 1.29 is 9.53 Å². The van der Waals surface area contributed by atoms with Crippen LogP contribution in [0, 0.1) is 6.92 Å². The summed E-state index contributed by atoms with van der Waals surface area (Å²) < 4.78 is 7.89. The first-order valence-corrected chi connectivity index (χ1v) is 13.9. The second-order valence-electron chi connectivity index (χ2n) is 11.1. The van der Waals surface area contributed by atoms with Crippen LogP contribution in [0.5, 0.6) is 5.75 Å². The summed E-state index contributed by atoms with van der Waals surface area (Å²) in [6.45, 7) is 7.54. The van der Waals surface area contributed by atoms with Gasteiger partial charge < -0.3 is 24.8 Å². The highest BCUT2D eigenvalue weighted by Crippen LogP contribution is 2.30. The standard InChI is InChI=1S/C30H35N7O3/c1-21-16-25(40-19-22(2)23-6-4-3-5-7-23)18-37-28(21)32-26(34-37)9-13-36-20-30(33-29(36)39)10-14-35(15-11-30)24-8-12-31-27(38)17-24/h3-8,12,16-18,22H,9-11,13-15,19-20H2,1-2H3,(H,31,38)(H,33,39)/t22-/m0/s1. The van der Waals surface area contributed by atoms with Gasteiger partial charge in [0, 0.05) is 56.5 Å². The van der Waals surface area contributed by atoms with Crippen LogP contribution < -0.4 is 20.5 Å². The topological polar surface area (TPSA) is 108 Å². The second-order valence-corrected chi connectivity index (χ2v) is 11.1. The molecular weight excluding hydrogens is 506 g/mol. The lowest BCUT2D eigenvalue weighted by Crippen LogP contribution is -2.52. The highest BCUT2D eigenvalue weighted by Gasteiger charge is 2.44. The molecule has 2 aliphatic heterocycles. The van der Waals surface area contributed by atoms with Crippen LogP contribution in [0.3, 0.4) is 0 Å². The van der Waals surface area contributed by atoms with E-state index in [0.717, 1.165) is 48.6 Å². The number of anilines is 1. The highest BCUT2D eigenvalue weighted by atomic mass is 16.5. The third-order valence-corrected chi connectivity index (χ3v) is 8.11. The van der Waals surface area contributed by atoms with Crippen LogP contribution in [0.1, 0.15) is 42.6 Å². The molecule has 0 saturated carbocycles. The maximum absolute atomic E-state index is 12.9. The number of hydrogen-bond donors (Lipinski definition) is 2. The summed E-state index contributed by atoms with van der Waals surface area (Å²) in [5, 5.41) is 7.94. The molecule has 2 N–H and O–H groups in total. The van der Waals surface area contributed by atoms with E-state index in [1.54, 1.807) is 16.8 Å². The van der Waals surface area contributed by atoms with Crippen molar-refractivity contribution in [1.29, 1.82) is 0 Å². The number of urea groups is 1. The van der Waals surface area contributed by atoms with Crippen molar-refractivity contribution >= 4 is 17.4 Å². The van der Waals surface area contributed by atoms with Gasteiger partial charge in [-0.1, -0.05) is 37.3 Å². The fourth-order valence-electron chi connectivity index (χ4n) is 5.75. The summed E-state index contributed by atoms with van der Waals surface area (Å²) in [7, 11) is 0. The Balaban J connectivity index is 1.05. The number of piperidine rings is 1. The van der Waals surface area contributed by atoms with Gasteiger partial charge in [-0.25, -0.2) is 14.3 Å². The van der Waals surface area contributed by atoms with Gasteiger partial charge >= 0.3 is 6.03 Å². The Morgan fingerprint density at radius 1 is 1.10 bits per heavy atom. The van der Waals surface area contributed by atoms with Crippen LogP contribution in [0.4, 0.5) is 10.5 Å². The molecule has 6 rings (SSSR count). The molecule has 2 saturated heterocycles. The first kappa shape index (κ1) is 25.9. The fourth-order valence-corrected chi connectivity index (χ4v) is 5.75. The van der Waals surface area contributed by atoms with E-state index in [9.17, 15) is 9.59 Å². The van der Waals surface area contributed by atoms with Gasteiger partial charge in [0.1, 0.15) is 5.75 Å². The number of carbonyl (C=O) groups is 1. The van der Waals surface area contributed by atoms with Gasteiger partial charge in [0.05, 0.1) is 18.3 Å². The van der Waals surface area contributed by atoms with E-state index in [2.05, 4.69) is 34.3 Å². The monoisotopic (exact) mass is 541 g/mol. The summed E-state index contributed by atoms with van der Waals surface area (Å²) in [5.74, 6) is 1.74. The average Bonchev–Trinajstić information content (AvgIpc) is 3.51. The summed E-state index contributed by atoms with van der Waals surface area (Å²) >= 11 is 0. The molecule has 10 nitrogen and oxygen atoms in total. The zero-order valence-electron chi connectivity index (χ0n) is 23.0. The summed E-state index contributed by atoms with van der Waals surface area (Å²) in [4.78, 5) is 36.0. The first-order valence-electron chi connectivity index (χ1n) is 13.9. The molecule has 1 aromatic carbocycles. The molecule has 2 fully saturated rings. The minimum atomic E-state index is -0.235. The predicted octanol–water partition coefficient (Wildman–Crippen LogP) is 3.52. The zero-order chi connectivity index (χ0) is 27.7. The largest absolute Gasteiger partial charge is 0.491 e. The molecular formula is C30H35N7O3. The van der Waals surface area contributed by atoms with Crippen molar-refractivity contribution in [2.24, 2.45) is 0 Å². The molecule has 5 heterocycles. The van der Waals surface area contributed by atoms with Crippen molar-refractivity contribution in [3.63, 3.8) is 0 Å². The van der Waals surface area contributed by atoms with Crippen molar-refractivity contribution in [2.45, 2.75) is 44.6 Å². The Hall–Kier alpha value is -4.34. The minimum absolute atomic E-state index is 0.0345. The first-order chi connectivity index (χ1) is 19.4. The number of hydrogen-bond acceptors (Lipinski definition) is 6. The molecule has 10 heteroatoms. The highest BCUT2D eigenvalue weighted by molar-refractivity contribution is 5.78. The number of aromatic nitrogens is 4. The molecule has 0 aliphatic carbocycles.